The smallest absolute Gasteiger partial charge is 0.208 e. The van der Waals surface area contributed by atoms with E-state index in [1.165, 1.54) is 0 Å². The van der Waals surface area contributed by atoms with Gasteiger partial charge in [-0.1, -0.05) is 11.6 Å². The molecule has 1 heterocycles. The van der Waals surface area contributed by atoms with Crippen molar-refractivity contribution < 1.29 is 14.8 Å². The highest BCUT2D eigenvalue weighted by atomic mass is 35.5. The summed E-state index contributed by atoms with van der Waals surface area (Å²) in [5, 5.41) is 10.5. The first-order valence-corrected chi connectivity index (χ1v) is 5.80. The summed E-state index contributed by atoms with van der Waals surface area (Å²) in [6.45, 7) is 0. The topological polar surface area (TPSA) is 72.2 Å². The quantitative estimate of drug-likeness (QED) is 0.811. The summed E-state index contributed by atoms with van der Waals surface area (Å²) in [4.78, 5) is 27.3. The molecule has 0 unspecified atom stereocenters. The maximum Gasteiger partial charge on any atom is 0.208 e. The van der Waals surface area contributed by atoms with Gasteiger partial charge in [-0.15, -0.1) is 0 Å². The summed E-state index contributed by atoms with van der Waals surface area (Å²) >= 11 is 5.78. The van der Waals surface area contributed by atoms with Crippen LogP contribution in [0.2, 0.25) is 5.02 Å². The molecule has 0 fully saturated rings. The average molecular weight is 275 g/mol. The van der Waals surface area contributed by atoms with Gasteiger partial charge in [0.15, 0.2) is 11.5 Å². The van der Waals surface area contributed by atoms with Crippen LogP contribution in [0.15, 0.2) is 36.4 Å². The maximum atomic E-state index is 11.7. The number of hydrogen-bond donors (Lipinski definition) is 1. The van der Waals surface area contributed by atoms with Gasteiger partial charge < -0.3 is 5.21 Å². The summed E-state index contributed by atoms with van der Waals surface area (Å²) in [5.74, 6) is -0.727. The minimum Gasteiger partial charge on any atom is -0.426 e. The van der Waals surface area contributed by atoms with Crippen LogP contribution in [0.1, 0.15) is 21.0 Å². The molecule has 0 saturated heterocycles. The zero-order valence-electron chi connectivity index (χ0n) is 9.50. The number of carbonyl (C=O) groups is 2. The van der Waals surface area contributed by atoms with Crippen LogP contribution in [-0.4, -0.2) is 26.5 Å². The Hall–Kier alpha value is -2.40. The maximum absolute atomic E-state index is 11.7. The highest BCUT2D eigenvalue weighted by molar-refractivity contribution is 6.30. The molecule has 1 aliphatic carbocycles. The van der Waals surface area contributed by atoms with E-state index < -0.39 is 11.6 Å². The molecule has 6 heteroatoms. The van der Waals surface area contributed by atoms with Gasteiger partial charge in [0.25, 0.3) is 0 Å². The normalized spacial score (nSPS) is 13.7. The molecule has 0 saturated carbocycles. The molecular weight excluding hydrogens is 268 g/mol. The minimum absolute atomic E-state index is 0.0417. The number of aromatic nitrogens is 2. The third-order valence-electron chi connectivity index (χ3n) is 2.81. The molecule has 1 aliphatic rings. The number of nitrogens with zero attached hydrogens (tertiary/aromatic N) is 2. The van der Waals surface area contributed by atoms with Crippen molar-refractivity contribution in [2.75, 3.05) is 0 Å². The lowest BCUT2D eigenvalue weighted by molar-refractivity contribution is 0.0955. The standard InChI is InChI=1S/C13H7ClN2O3/c14-8-3-1-7(2-4-8)13-15-11-9(17)5-6-10(18)12(11)16(13)19/h1-6,19H. The van der Waals surface area contributed by atoms with Crippen LogP contribution in [0.3, 0.4) is 0 Å². The molecule has 1 N–H and O–H groups in total. The van der Waals surface area contributed by atoms with E-state index in [1.54, 1.807) is 24.3 Å². The van der Waals surface area contributed by atoms with Crippen molar-refractivity contribution in [3.05, 3.63) is 52.8 Å². The number of ketones is 2. The Balaban J connectivity index is 2.20. The lowest BCUT2D eigenvalue weighted by atomic mass is 10.1. The van der Waals surface area contributed by atoms with Gasteiger partial charge in [0.05, 0.1) is 0 Å². The first kappa shape index (κ1) is 11.7. The molecule has 0 bridgehead atoms. The Morgan fingerprint density at radius 2 is 1.68 bits per heavy atom. The molecule has 0 spiro atoms. The van der Waals surface area contributed by atoms with Crippen molar-refractivity contribution in [1.29, 1.82) is 0 Å². The third kappa shape index (κ3) is 1.75. The highest BCUT2D eigenvalue weighted by Crippen LogP contribution is 2.25. The van der Waals surface area contributed by atoms with Gasteiger partial charge in [-0.05, 0) is 36.4 Å². The van der Waals surface area contributed by atoms with Gasteiger partial charge in [-0.3, -0.25) is 9.59 Å². The molecule has 0 amide bonds. The number of imidazole rings is 1. The average Bonchev–Trinajstić information content (AvgIpc) is 2.74. The van der Waals surface area contributed by atoms with Crippen molar-refractivity contribution in [3.8, 4) is 11.4 Å². The van der Waals surface area contributed by atoms with Crippen molar-refractivity contribution in [3.63, 3.8) is 0 Å². The van der Waals surface area contributed by atoms with E-state index in [0.717, 1.165) is 12.2 Å². The monoisotopic (exact) mass is 274 g/mol. The molecule has 0 aliphatic heterocycles. The van der Waals surface area contributed by atoms with E-state index in [2.05, 4.69) is 4.98 Å². The molecule has 5 nitrogen and oxygen atoms in total. The summed E-state index contributed by atoms with van der Waals surface area (Å²) in [7, 11) is 0. The Labute approximate surface area is 112 Å². The van der Waals surface area contributed by atoms with Crippen LogP contribution < -0.4 is 0 Å². The number of benzene rings is 1. The van der Waals surface area contributed by atoms with Crippen LogP contribution in [0, 0.1) is 0 Å². The number of hydrogen-bond acceptors (Lipinski definition) is 4. The zero-order valence-corrected chi connectivity index (χ0v) is 10.3. The van der Waals surface area contributed by atoms with Crippen LogP contribution in [-0.2, 0) is 0 Å². The predicted molar refractivity (Wildman–Crippen MR) is 67.7 cm³/mol. The number of halogens is 1. The largest absolute Gasteiger partial charge is 0.426 e. The SMILES string of the molecule is O=C1C=CC(=O)c2c1nc(-c1ccc(Cl)cc1)n2O. The lowest BCUT2D eigenvalue weighted by Gasteiger charge is -2.04. The second-order valence-corrected chi connectivity index (χ2v) is 4.45. The van der Waals surface area contributed by atoms with E-state index in [-0.39, 0.29) is 17.2 Å². The van der Waals surface area contributed by atoms with Crippen molar-refractivity contribution in [2.24, 2.45) is 0 Å². The van der Waals surface area contributed by atoms with Crippen LogP contribution in [0.4, 0.5) is 0 Å². The summed E-state index contributed by atoms with van der Waals surface area (Å²) in [6, 6.07) is 6.55. The molecule has 0 atom stereocenters. The van der Waals surface area contributed by atoms with E-state index in [9.17, 15) is 14.8 Å². The number of allylic oxidation sites excluding steroid dienone is 2. The van der Waals surface area contributed by atoms with Gasteiger partial charge in [-0.25, -0.2) is 4.98 Å². The lowest BCUT2D eigenvalue weighted by Crippen LogP contribution is -2.14. The van der Waals surface area contributed by atoms with Crippen molar-refractivity contribution >= 4 is 23.2 Å². The summed E-state index contributed by atoms with van der Waals surface area (Å²) in [5.41, 5.74) is 0.402. The van der Waals surface area contributed by atoms with Crippen molar-refractivity contribution in [1.82, 2.24) is 9.71 Å². The number of fused-ring (bicyclic) bond motifs is 1. The summed E-state index contributed by atoms with van der Waals surface area (Å²) in [6.07, 6.45) is 2.26. The second kappa shape index (κ2) is 4.07. The molecule has 2 aromatic rings. The summed E-state index contributed by atoms with van der Waals surface area (Å²) < 4.78 is 0.641. The fraction of sp³-hybridized carbons (Fsp3) is 0. The van der Waals surface area contributed by atoms with E-state index in [0.29, 0.717) is 15.3 Å². The van der Waals surface area contributed by atoms with E-state index in [1.807, 2.05) is 0 Å². The number of carbonyl (C=O) groups excluding carboxylic acids is 2. The van der Waals surface area contributed by atoms with Gasteiger partial charge in [0.1, 0.15) is 5.69 Å². The van der Waals surface area contributed by atoms with Crippen LogP contribution in [0.5, 0.6) is 0 Å². The van der Waals surface area contributed by atoms with Gasteiger partial charge in [0.2, 0.25) is 11.6 Å². The second-order valence-electron chi connectivity index (χ2n) is 4.01. The third-order valence-corrected chi connectivity index (χ3v) is 3.06. The van der Waals surface area contributed by atoms with Crippen LogP contribution in [0.25, 0.3) is 11.4 Å². The van der Waals surface area contributed by atoms with Gasteiger partial charge in [-0.2, -0.15) is 4.73 Å². The number of rotatable bonds is 1. The first-order valence-electron chi connectivity index (χ1n) is 5.42. The Morgan fingerprint density at radius 1 is 1.05 bits per heavy atom. The fourth-order valence-electron chi connectivity index (χ4n) is 1.90. The molecule has 19 heavy (non-hydrogen) atoms. The molecule has 1 aromatic carbocycles. The van der Waals surface area contributed by atoms with Gasteiger partial charge >= 0.3 is 0 Å². The molecule has 0 radical (unpaired) electrons. The molecular formula is C13H7ClN2O3. The molecule has 94 valence electrons. The van der Waals surface area contributed by atoms with Gasteiger partial charge in [0, 0.05) is 10.6 Å². The minimum atomic E-state index is -0.454. The molecule has 3 rings (SSSR count). The highest BCUT2D eigenvalue weighted by Gasteiger charge is 2.28. The van der Waals surface area contributed by atoms with Crippen LogP contribution >= 0.6 is 11.6 Å². The Kier molecular flexibility index (Phi) is 2.50. The van der Waals surface area contributed by atoms with E-state index >= 15 is 0 Å². The Bertz CT molecular complexity index is 729. The van der Waals surface area contributed by atoms with E-state index in [4.69, 9.17) is 11.6 Å². The zero-order chi connectivity index (χ0) is 13.6. The Morgan fingerprint density at radius 3 is 2.32 bits per heavy atom. The fourth-order valence-corrected chi connectivity index (χ4v) is 2.03. The predicted octanol–water partition coefficient (Wildman–Crippen LogP) is 2.38. The first-order chi connectivity index (χ1) is 9.08. The molecule has 1 aromatic heterocycles. The van der Waals surface area contributed by atoms with Crippen molar-refractivity contribution in [2.45, 2.75) is 0 Å².